The van der Waals surface area contributed by atoms with Gasteiger partial charge in [-0.2, -0.15) is 0 Å². The number of thiazole rings is 1. The lowest BCUT2D eigenvalue weighted by Crippen LogP contribution is -2.49. The molecule has 0 atom stereocenters. The van der Waals surface area contributed by atoms with Crippen LogP contribution in [0.4, 0.5) is 10.1 Å². The predicted octanol–water partition coefficient (Wildman–Crippen LogP) is 4.42. The molecule has 4 aromatic rings. The third-order valence-electron chi connectivity index (χ3n) is 6.13. The highest BCUT2D eigenvalue weighted by molar-refractivity contribution is 7.17. The van der Waals surface area contributed by atoms with Crippen LogP contribution in [0.5, 0.6) is 0 Å². The van der Waals surface area contributed by atoms with Crippen LogP contribution in [-0.2, 0) is 0 Å². The molecule has 0 N–H and O–H groups in total. The molecule has 0 aliphatic carbocycles. The summed E-state index contributed by atoms with van der Waals surface area (Å²) in [4.78, 5) is 22.3. The Hall–Kier alpha value is -3.59. The lowest BCUT2D eigenvalue weighted by molar-refractivity contribution is 0.0750. The second-order valence-electron chi connectivity index (χ2n) is 8.44. The largest absolute Gasteiger partial charge is 0.366 e. The van der Waals surface area contributed by atoms with Crippen LogP contribution in [0.15, 0.2) is 48.5 Å². The monoisotopic (exact) mass is 476 g/mol. The van der Waals surface area contributed by atoms with Gasteiger partial charge in [-0.3, -0.25) is 4.79 Å². The summed E-state index contributed by atoms with van der Waals surface area (Å²) >= 11 is 1.35. The van der Waals surface area contributed by atoms with Crippen molar-refractivity contribution >= 4 is 22.9 Å². The van der Waals surface area contributed by atoms with Crippen LogP contribution in [0.2, 0.25) is 0 Å². The lowest BCUT2D eigenvalue weighted by Gasteiger charge is -2.36. The number of carbonyl (C=O) groups excluding carboxylic acids is 1. The first-order chi connectivity index (χ1) is 16.4. The standard InChI is InChI=1S/C25H25FN6OS/c1-16-8-10-19(11-9-16)32-18(3)22(28-29-32)24-27-17(2)23(34-24)25(33)31-14-12-30(13-15-31)21-7-5-4-6-20(21)26/h4-11H,12-15H2,1-3H3. The van der Waals surface area contributed by atoms with Crippen LogP contribution >= 0.6 is 11.3 Å². The van der Waals surface area contributed by atoms with E-state index in [1.54, 1.807) is 16.8 Å². The molecule has 0 saturated carbocycles. The van der Waals surface area contributed by atoms with Crippen LogP contribution < -0.4 is 4.90 Å². The third kappa shape index (κ3) is 4.07. The van der Waals surface area contributed by atoms with Gasteiger partial charge in [0, 0.05) is 26.2 Å². The summed E-state index contributed by atoms with van der Waals surface area (Å²) in [6, 6.07) is 14.8. The van der Waals surface area contributed by atoms with E-state index in [1.807, 2.05) is 60.9 Å². The van der Waals surface area contributed by atoms with E-state index in [-0.39, 0.29) is 11.7 Å². The molecule has 0 spiro atoms. The molecule has 9 heteroatoms. The minimum atomic E-state index is -0.237. The summed E-state index contributed by atoms with van der Waals surface area (Å²) in [6.07, 6.45) is 0. The van der Waals surface area contributed by atoms with E-state index >= 15 is 0 Å². The summed E-state index contributed by atoms with van der Waals surface area (Å²) in [7, 11) is 0. The van der Waals surface area contributed by atoms with Crippen molar-refractivity contribution in [1.29, 1.82) is 0 Å². The Morgan fingerprint density at radius 3 is 2.38 bits per heavy atom. The van der Waals surface area contributed by atoms with Crippen molar-refractivity contribution in [3.8, 4) is 16.4 Å². The van der Waals surface area contributed by atoms with Crippen molar-refractivity contribution in [2.45, 2.75) is 20.8 Å². The first-order valence-corrected chi connectivity index (χ1v) is 12.0. The summed E-state index contributed by atoms with van der Waals surface area (Å²) in [5, 5.41) is 9.35. The smallest absolute Gasteiger partial charge is 0.265 e. The number of halogens is 1. The zero-order valence-electron chi connectivity index (χ0n) is 19.3. The van der Waals surface area contributed by atoms with E-state index in [0.29, 0.717) is 53.1 Å². The number of piperazine rings is 1. The average Bonchev–Trinajstić information content (AvgIpc) is 3.42. The SMILES string of the molecule is Cc1ccc(-n2nnc(-c3nc(C)c(C(=O)N4CCN(c5ccccc5F)CC4)s3)c2C)cc1. The van der Waals surface area contributed by atoms with Crippen molar-refractivity contribution in [1.82, 2.24) is 24.9 Å². The number of carbonyl (C=O) groups is 1. The number of amides is 1. The van der Waals surface area contributed by atoms with Crippen LogP contribution in [0.25, 0.3) is 16.4 Å². The van der Waals surface area contributed by atoms with Crippen molar-refractivity contribution in [2.75, 3.05) is 31.1 Å². The molecule has 34 heavy (non-hydrogen) atoms. The molecule has 1 amide bonds. The Kier molecular flexibility index (Phi) is 5.87. The number of aromatic nitrogens is 4. The fraction of sp³-hybridized carbons (Fsp3) is 0.280. The second kappa shape index (κ2) is 8.98. The molecule has 7 nitrogen and oxygen atoms in total. The molecule has 0 radical (unpaired) electrons. The number of para-hydroxylation sites is 1. The average molecular weight is 477 g/mol. The van der Waals surface area contributed by atoms with Gasteiger partial charge in [-0.25, -0.2) is 14.1 Å². The van der Waals surface area contributed by atoms with Gasteiger partial charge >= 0.3 is 0 Å². The maximum absolute atomic E-state index is 14.1. The Bertz CT molecular complexity index is 1340. The number of benzene rings is 2. The molecule has 0 unspecified atom stereocenters. The molecular weight excluding hydrogens is 451 g/mol. The predicted molar refractivity (Wildman–Crippen MR) is 131 cm³/mol. The van der Waals surface area contributed by atoms with E-state index in [9.17, 15) is 9.18 Å². The Balaban J connectivity index is 1.33. The van der Waals surface area contributed by atoms with E-state index in [2.05, 4.69) is 15.3 Å². The molecule has 5 rings (SSSR count). The zero-order chi connectivity index (χ0) is 23.8. The second-order valence-corrected chi connectivity index (χ2v) is 9.43. The van der Waals surface area contributed by atoms with Crippen molar-refractivity contribution in [3.05, 3.63) is 76.2 Å². The summed E-state index contributed by atoms with van der Waals surface area (Å²) in [5.41, 5.74) is 4.92. The minimum Gasteiger partial charge on any atom is -0.366 e. The Labute approximate surface area is 201 Å². The highest BCUT2D eigenvalue weighted by Gasteiger charge is 2.27. The topological polar surface area (TPSA) is 67.2 Å². The fourth-order valence-corrected chi connectivity index (χ4v) is 5.23. The Morgan fingerprint density at radius 1 is 0.971 bits per heavy atom. The maximum atomic E-state index is 14.1. The molecule has 174 valence electrons. The number of rotatable bonds is 4. The van der Waals surface area contributed by atoms with E-state index in [4.69, 9.17) is 0 Å². The van der Waals surface area contributed by atoms with Crippen LogP contribution in [0, 0.1) is 26.6 Å². The maximum Gasteiger partial charge on any atom is 0.265 e. The van der Waals surface area contributed by atoms with Crippen molar-refractivity contribution in [2.24, 2.45) is 0 Å². The molecule has 1 aliphatic rings. The molecule has 1 aliphatic heterocycles. The van der Waals surface area contributed by atoms with Gasteiger partial charge in [-0.1, -0.05) is 35.0 Å². The van der Waals surface area contributed by atoms with Crippen LogP contribution in [-0.4, -0.2) is 57.0 Å². The lowest BCUT2D eigenvalue weighted by atomic mass is 10.2. The normalized spacial score (nSPS) is 14.0. The van der Waals surface area contributed by atoms with Gasteiger partial charge in [0.15, 0.2) is 0 Å². The van der Waals surface area contributed by atoms with Gasteiger partial charge in [0.05, 0.1) is 22.8 Å². The van der Waals surface area contributed by atoms with Gasteiger partial charge in [-0.15, -0.1) is 16.4 Å². The first kappa shape index (κ1) is 22.2. The molecule has 2 aromatic heterocycles. The summed E-state index contributed by atoms with van der Waals surface area (Å²) < 4.78 is 15.9. The van der Waals surface area contributed by atoms with Crippen LogP contribution in [0.1, 0.15) is 26.6 Å². The number of nitrogens with zero attached hydrogens (tertiary/aromatic N) is 6. The summed E-state index contributed by atoms with van der Waals surface area (Å²) in [6.45, 7) is 8.08. The third-order valence-corrected chi connectivity index (χ3v) is 7.28. The fourth-order valence-electron chi connectivity index (χ4n) is 4.16. The molecule has 1 saturated heterocycles. The number of aryl methyl sites for hydroxylation is 2. The van der Waals surface area contributed by atoms with Gasteiger partial charge in [0.1, 0.15) is 21.4 Å². The first-order valence-electron chi connectivity index (χ1n) is 11.2. The minimum absolute atomic E-state index is 0.0435. The highest BCUT2D eigenvalue weighted by atomic mass is 32.1. The Morgan fingerprint density at radius 2 is 1.68 bits per heavy atom. The quantitative estimate of drug-likeness (QED) is 0.436. The number of anilines is 1. The number of hydrogen-bond donors (Lipinski definition) is 0. The van der Waals surface area contributed by atoms with Crippen molar-refractivity contribution in [3.63, 3.8) is 0 Å². The molecule has 0 bridgehead atoms. The highest BCUT2D eigenvalue weighted by Crippen LogP contribution is 2.31. The molecule has 2 aromatic carbocycles. The molecular formula is C25H25FN6OS. The molecule has 3 heterocycles. The van der Waals surface area contributed by atoms with E-state index in [0.717, 1.165) is 11.4 Å². The van der Waals surface area contributed by atoms with Crippen LogP contribution in [0.3, 0.4) is 0 Å². The zero-order valence-corrected chi connectivity index (χ0v) is 20.1. The van der Waals surface area contributed by atoms with Gasteiger partial charge in [-0.05, 0) is 45.0 Å². The van der Waals surface area contributed by atoms with Gasteiger partial charge in [0.2, 0.25) is 0 Å². The van der Waals surface area contributed by atoms with Crippen molar-refractivity contribution < 1.29 is 9.18 Å². The molecule has 1 fully saturated rings. The van der Waals surface area contributed by atoms with E-state index < -0.39 is 0 Å². The van der Waals surface area contributed by atoms with Gasteiger partial charge < -0.3 is 9.80 Å². The van der Waals surface area contributed by atoms with Gasteiger partial charge in [0.25, 0.3) is 5.91 Å². The number of hydrogen-bond acceptors (Lipinski definition) is 6. The summed E-state index contributed by atoms with van der Waals surface area (Å²) in [5.74, 6) is -0.280. The van der Waals surface area contributed by atoms with E-state index in [1.165, 1.54) is 23.0 Å².